The van der Waals surface area contributed by atoms with Crippen molar-refractivity contribution in [2.24, 2.45) is 0 Å². The van der Waals surface area contributed by atoms with E-state index in [0.717, 1.165) is 10.8 Å². The maximum atomic E-state index is 10.5. The summed E-state index contributed by atoms with van der Waals surface area (Å²) in [6.07, 6.45) is 0. The Morgan fingerprint density at radius 2 is 1.64 bits per heavy atom. The lowest BCUT2D eigenvalue weighted by Gasteiger charge is -1.99. The van der Waals surface area contributed by atoms with Gasteiger partial charge in [0.1, 0.15) is 0 Å². The molecule has 2 aromatic rings. The van der Waals surface area contributed by atoms with Crippen molar-refractivity contribution in [1.29, 1.82) is 0 Å². The third-order valence-electron chi connectivity index (χ3n) is 1.90. The molecule has 14 heavy (non-hydrogen) atoms. The Labute approximate surface area is 86.4 Å². The first-order valence-corrected chi connectivity index (χ1v) is 5.93. The van der Waals surface area contributed by atoms with Crippen LogP contribution in [-0.2, 0) is 0 Å². The smallest absolute Gasteiger partial charge is 0.361 e. The van der Waals surface area contributed by atoms with Crippen molar-refractivity contribution in [3.63, 3.8) is 0 Å². The third kappa shape index (κ3) is 1.87. The van der Waals surface area contributed by atoms with Gasteiger partial charge in [0.05, 0.1) is 0 Å². The summed E-state index contributed by atoms with van der Waals surface area (Å²) in [4.78, 5) is 0. The molecule has 0 aromatic heterocycles. The zero-order valence-corrected chi connectivity index (χ0v) is 8.73. The Morgan fingerprint density at radius 1 is 0.929 bits per heavy atom. The highest BCUT2D eigenvalue weighted by atomic mass is 80.0. The van der Waals surface area contributed by atoms with Crippen LogP contribution in [0.15, 0.2) is 42.5 Å². The Bertz CT molecular complexity index is 437. The van der Waals surface area contributed by atoms with E-state index in [-0.39, 0.29) is 0 Å². The molecular formula is C10H7BrO3. The lowest BCUT2D eigenvalue weighted by Crippen LogP contribution is -2.36. The molecule has 0 N–H and O–H groups in total. The molecule has 0 aliphatic heterocycles. The van der Waals surface area contributed by atoms with E-state index in [9.17, 15) is 8.40 Å². The number of fused-ring (bicyclic) bond motifs is 1. The van der Waals surface area contributed by atoms with E-state index in [2.05, 4.69) is 0 Å². The predicted octanol–water partition coefficient (Wildman–Crippen LogP) is 0.305. The Kier molecular flexibility index (Phi) is 2.67. The maximum absolute atomic E-state index is 10.5. The molecule has 0 unspecified atom stereocenters. The van der Waals surface area contributed by atoms with Crippen LogP contribution in [0, 0.1) is 14.8 Å². The molecular weight excluding hydrogens is 248 g/mol. The van der Waals surface area contributed by atoms with Crippen LogP contribution in [0.3, 0.4) is 0 Å². The van der Waals surface area contributed by atoms with Crippen LogP contribution in [0.4, 0.5) is 0 Å². The second kappa shape index (κ2) is 3.96. The molecule has 0 bridgehead atoms. The van der Waals surface area contributed by atoms with Crippen LogP contribution in [0.5, 0.6) is 5.75 Å². The van der Waals surface area contributed by atoms with Crippen LogP contribution in [-0.4, -0.2) is 0 Å². The molecule has 0 aliphatic rings. The summed E-state index contributed by atoms with van der Waals surface area (Å²) in [7, 11) is 0. The molecule has 4 heteroatoms. The predicted molar refractivity (Wildman–Crippen MR) is 44.6 cm³/mol. The third-order valence-corrected chi connectivity index (χ3v) is 2.51. The number of benzene rings is 2. The van der Waals surface area contributed by atoms with E-state index >= 15 is 0 Å². The van der Waals surface area contributed by atoms with Gasteiger partial charge in [0.2, 0.25) is 5.75 Å². The summed E-state index contributed by atoms with van der Waals surface area (Å²) in [5.74, 6) is 0.392. The van der Waals surface area contributed by atoms with E-state index in [4.69, 9.17) is 3.83 Å². The van der Waals surface area contributed by atoms with Gasteiger partial charge in [-0.25, -0.2) is 0 Å². The van der Waals surface area contributed by atoms with Gasteiger partial charge in [0.25, 0.3) is 0 Å². The molecule has 0 amide bonds. The van der Waals surface area contributed by atoms with Crippen molar-refractivity contribution in [3.05, 3.63) is 42.5 Å². The van der Waals surface area contributed by atoms with Crippen molar-refractivity contribution in [2.75, 3.05) is 0 Å². The van der Waals surface area contributed by atoms with Gasteiger partial charge >= 0.3 is 14.8 Å². The highest BCUT2D eigenvalue weighted by Crippen LogP contribution is 2.25. The molecule has 0 saturated carbocycles. The quantitative estimate of drug-likeness (QED) is 0.775. The second-order valence-electron chi connectivity index (χ2n) is 2.74. The number of halogens is 1. The van der Waals surface area contributed by atoms with Crippen LogP contribution >= 0.6 is 0 Å². The average molecular weight is 255 g/mol. The topological polar surface area (TPSA) is 55.3 Å². The van der Waals surface area contributed by atoms with Gasteiger partial charge < -0.3 is 8.40 Å². The lowest BCUT2D eigenvalue weighted by atomic mass is 10.1. The maximum Gasteiger partial charge on any atom is 0.501 e. The minimum Gasteiger partial charge on any atom is -0.361 e. The highest BCUT2D eigenvalue weighted by molar-refractivity contribution is 5.88. The zero-order valence-electron chi connectivity index (χ0n) is 7.14. The van der Waals surface area contributed by atoms with Gasteiger partial charge in [-0.3, -0.25) is 0 Å². The average Bonchev–Trinajstić information content (AvgIpc) is 2.18. The number of hydrogen-bond acceptors (Lipinski definition) is 3. The van der Waals surface area contributed by atoms with E-state index in [1.165, 1.54) is 0 Å². The highest BCUT2D eigenvalue weighted by Gasteiger charge is 2.14. The van der Waals surface area contributed by atoms with Crippen LogP contribution < -0.4 is 12.2 Å². The first-order valence-electron chi connectivity index (χ1n) is 3.99. The zero-order chi connectivity index (χ0) is 9.97. The Balaban J connectivity index is 2.53. The van der Waals surface area contributed by atoms with E-state index in [1.54, 1.807) is 12.1 Å². The Morgan fingerprint density at radius 3 is 2.43 bits per heavy atom. The monoisotopic (exact) mass is 254 g/mol. The molecule has 72 valence electrons. The largest absolute Gasteiger partial charge is 0.501 e. The van der Waals surface area contributed by atoms with Crippen molar-refractivity contribution < 1.29 is 27.0 Å². The van der Waals surface area contributed by atoms with Crippen molar-refractivity contribution in [2.45, 2.75) is 0 Å². The molecule has 2 aromatic carbocycles. The summed E-state index contributed by atoms with van der Waals surface area (Å²) in [5.41, 5.74) is 0. The van der Waals surface area contributed by atoms with E-state index in [1.807, 2.05) is 30.3 Å². The first kappa shape index (κ1) is 9.45. The fourth-order valence-corrected chi connectivity index (χ4v) is 1.90. The van der Waals surface area contributed by atoms with Crippen molar-refractivity contribution in [3.8, 4) is 5.75 Å². The van der Waals surface area contributed by atoms with Gasteiger partial charge in [-0.1, -0.05) is 36.4 Å². The first-order chi connectivity index (χ1) is 6.77. The van der Waals surface area contributed by atoms with Crippen molar-refractivity contribution >= 4 is 10.8 Å². The molecule has 3 nitrogen and oxygen atoms in total. The van der Waals surface area contributed by atoms with Crippen LogP contribution in [0.1, 0.15) is 0 Å². The standard InChI is InChI=1S/C10H7BrO3/c12-11(13)14-10-7-3-5-8-4-1-2-6-9(8)10/h1-7H. The van der Waals surface area contributed by atoms with E-state index in [0.29, 0.717) is 5.75 Å². The van der Waals surface area contributed by atoms with Gasteiger partial charge in [0, 0.05) is 5.39 Å². The minimum absolute atomic E-state index is 0.392. The summed E-state index contributed by atoms with van der Waals surface area (Å²) < 4.78 is 25.7. The van der Waals surface area contributed by atoms with Gasteiger partial charge in [0.15, 0.2) is 0 Å². The molecule has 0 fully saturated rings. The molecule has 0 spiro atoms. The Hall–Kier alpha value is -1.10. The molecule has 0 radical (unpaired) electrons. The molecule has 0 atom stereocenters. The normalized spacial score (nSPS) is 10.8. The molecule has 0 aliphatic carbocycles. The second-order valence-corrected chi connectivity index (χ2v) is 3.86. The fourth-order valence-electron chi connectivity index (χ4n) is 1.33. The number of rotatable bonds is 2. The van der Waals surface area contributed by atoms with Crippen LogP contribution in [0.2, 0.25) is 0 Å². The number of hydrogen-bond donors (Lipinski definition) is 0. The minimum atomic E-state index is -3.20. The van der Waals surface area contributed by atoms with Gasteiger partial charge in [-0.05, 0) is 11.5 Å². The lowest BCUT2D eigenvalue weighted by molar-refractivity contribution is -1.62. The SMILES string of the molecule is [O-][Br+2]([O-])Oc1cccc2ccccc12. The van der Waals surface area contributed by atoms with Crippen molar-refractivity contribution in [1.82, 2.24) is 0 Å². The van der Waals surface area contributed by atoms with Gasteiger partial charge in [-0.15, -0.1) is 3.83 Å². The fraction of sp³-hybridized carbons (Fsp3) is 0. The molecule has 0 saturated heterocycles. The van der Waals surface area contributed by atoms with Gasteiger partial charge in [-0.2, -0.15) is 0 Å². The van der Waals surface area contributed by atoms with E-state index < -0.39 is 14.8 Å². The summed E-state index contributed by atoms with van der Waals surface area (Å²) in [6, 6.07) is 12.8. The molecule has 0 heterocycles. The summed E-state index contributed by atoms with van der Waals surface area (Å²) >= 11 is -3.20. The summed E-state index contributed by atoms with van der Waals surface area (Å²) in [6.45, 7) is 0. The van der Waals surface area contributed by atoms with Crippen LogP contribution in [0.25, 0.3) is 10.8 Å². The molecule has 2 rings (SSSR count). The summed E-state index contributed by atoms with van der Waals surface area (Å²) in [5, 5.41) is 1.78.